The summed E-state index contributed by atoms with van der Waals surface area (Å²) in [6.45, 7) is 5.10. The van der Waals surface area contributed by atoms with Crippen LogP contribution in [0.4, 0.5) is 5.82 Å². The Bertz CT molecular complexity index is 369. The summed E-state index contributed by atoms with van der Waals surface area (Å²) >= 11 is 0. The van der Waals surface area contributed by atoms with Crippen molar-refractivity contribution >= 4 is 11.8 Å². The van der Waals surface area contributed by atoms with Crippen LogP contribution in [0.1, 0.15) is 26.0 Å². The minimum absolute atomic E-state index is 0.227. The molecule has 0 N–H and O–H groups in total. The Morgan fingerprint density at radius 1 is 1.41 bits per heavy atom. The Morgan fingerprint density at radius 3 is 2.76 bits per heavy atom. The Morgan fingerprint density at radius 2 is 2.18 bits per heavy atom. The van der Waals surface area contributed by atoms with Gasteiger partial charge in [-0.15, -0.1) is 0 Å². The van der Waals surface area contributed by atoms with E-state index < -0.39 is 0 Å². The standard InChI is InChI=1S/C12H19N3O2/c1-4-6-15(8-12(16)17-3)11-7-10(5-2)13-9-14-11/h7,9H,4-6,8H2,1-3H3. The van der Waals surface area contributed by atoms with Gasteiger partial charge in [0, 0.05) is 18.3 Å². The summed E-state index contributed by atoms with van der Waals surface area (Å²) in [6.07, 6.45) is 3.34. The van der Waals surface area contributed by atoms with Crippen molar-refractivity contribution in [2.24, 2.45) is 0 Å². The van der Waals surface area contributed by atoms with Gasteiger partial charge in [-0.05, 0) is 12.8 Å². The van der Waals surface area contributed by atoms with Crippen LogP contribution in [0.5, 0.6) is 0 Å². The molecule has 17 heavy (non-hydrogen) atoms. The highest BCUT2D eigenvalue weighted by atomic mass is 16.5. The quantitative estimate of drug-likeness (QED) is 0.700. The second-order valence-electron chi connectivity index (χ2n) is 3.72. The highest BCUT2D eigenvalue weighted by molar-refractivity contribution is 5.75. The van der Waals surface area contributed by atoms with E-state index >= 15 is 0 Å². The fourth-order valence-corrected chi connectivity index (χ4v) is 1.52. The fourth-order valence-electron chi connectivity index (χ4n) is 1.52. The highest BCUT2D eigenvalue weighted by Gasteiger charge is 2.12. The summed E-state index contributed by atoms with van der Waals surface area (Å²) in [5.74, 6) is 0.527. The minimum Gasteiger partial charge on any atom is -0.468 e. The first-order valence-corrected chi connectivity index (χ1v) is 5.83. The lowest BCUT2D eigenvalue weighted by molar-refractivity contribution is -0.138. The van der Waals surface area contributed by atoms with Crippen LogP contribution in [0, 0.1) is 0 Å². The summed E-state index contributed by atoms with van der Waals surface area (Å²) < 4.78 is 4.68. The predicted octanol–water partition coefficient (Wildman–Crippen LogP) is 1.43. The summed E-state index contributed by atoms with van der Waals surface area (Å²) in [5, 5.41) is 0. The van der Waals surface area contributed by atoms with Crippen LogP contribution < -0.4 is 4.90 Å². The maximum absolute atomic E-state index is 11.3. The zero-order valence-electron chi connectivity index (χ0n) is 10.6. The first kappa shape index (κ1) is 13.4. The maximum Gasteiger partial charge on any atom is 0.325 e. The van der Waals surface area contributed by atoms with Crippen molar-refractivity contribution in [2.75, 3.05) is 25.1 Å². The Labute approximate surface area is 102 Å². The van der Waals surface area contributed by atoms with E-state index in [2.05, 4.69) is 21.6 Å². The molecule has 0 fully saturated rings. The number of aromatic nitrogens is 2. The smallest absolute Gasteiger partial charge is 0.325 e. The molecule has 0 atom stereocenters. The van der Waals surface area contributed by atoms with Gasteiger partial charge >= 0.3 is 5.97 Å². The molecule has 5 heteroatoms. The van der Waals surface area contributed by atoms with Crippen molar-refractivity contribution in [1.82, 2.24) is 9.97 Å². The number of aryl methyl sites for hydroxylation is 1. The van der Waals surface area contributed by atoms with Gasteiger partial charge in [0.25, 0.3) is 0 Å². The molecule has 0 unspecified atom stereocenters. The number of anilines is 1. The number of nitrogens with zero attached hydrogens (tertiary/aromatic N) is 3. The van der Waals surface area contributed by atoms with Gasteiger partial charge < -0.3 is 9.64 Å². The van der Waals surface area contributed by atoms with E-state index in [0.717, 1.165) is 30.9 Å². The van der Waals surface area contributed by atoms with Crippen LogP contribution in [0.15, 0.2) is 12.4 Å². The van der Waals surface area contributed by atoms with Crippen LogP contribution in [0.2, 0.25) is 0 Å². The molecular weight excluding hydrogens is 218 g/mol. The number of ether oxygens (including phenoxy) is 1. The second kappa shape index (κ2) is 6.83. The Balaban J connectivity index is 2.84. The third-order valence-electron chi connectivity index (χ3n) is 2.44. The lowest BCUT2D eigenvalue weighted by Gasteiger charge is -2.21. The molecule has 0 aromatic carbocycles. The van der Waals surface area contributed by atoms with Gasteiger partial charge in [0.1, 0.15) is 18.7 Å². The summed E-state index contributed by atoms with van der Waals surface area (Å²) in [5.41, 5.74) is 0.973. The first-order chi connectivity index (χ1) is 8.21. The molecule has 0 aliphatic carbocycles. The van der Waals surface area contributed by atoms with Crippen molar-refractivity contribution in [1.29, 1.82) is 0 Å². The number of carbonyl (C=O) groups is 1. The van der Waals surface area contributed by atoms with Gasteiger partial charge in [0.05, 0.1) is 7.11 Å². The number of esters is 1. The van der Waals surface area contributed by atoms with Crippen LogP contribution >= 0.6 is 0 Å². The van der Waals surface area contributed by atoms with Gasteiger partial charge in [0.2, 0.25) is 0 Å². The third kappa shape index (κ3) is 4.01. The number of carbonyl (C=O) groups excluding carboxylic acids is 1. The van der Waals surface area contributed by atoms with Crippen LogP contribution in [-0.2, 0) is 16.0 Å². The molecule has 5 nitrogen and oxygen atoms in total. The maximum atomic E-state index is 11.3. The number of hydrogen-bond acceptors (Lipinski definition) is 5. The van der Waals surface area contributed by atoms with Crippen molar-refractivity contribution in [2.45, 2.75) is 26.7 Å². The van der Waals surface area contributed by atoms with Crippen molar-refractivity contribution in [3.05, 3.63) is 18.1 Å². The van der Waals surface area contributed by atoms with E-state index in [9.17, 15) is 4.79 Å². The molecule has 0 bridgehead atoms. The van der Waals surface area contributed by atoms with Gasteiger partial charge in [0.15, 0.2) is 0 Å². The largest absolute Gasteiger partial charge is 0.468 e. The predicted molar refractivity (Wildman–Crippen MR) is 65.9 cm³/mol. The van der Waals surface area contributed by atoms with E-state index in [1.165, 1.54) is 13.4 Å². The molecular formula is C12H19N3O2. The third-order valence-corrected chi connectivity index (χ3v) is 2.44. The summed E-state index contributed by atoms with van der Waals surface area (Å²) in [4.78, 5) is 21.6. The topological polar surface area (TPSA) is 55.3 Å². The zero-order chi connectivity index (χ0) is 12.7. The van der Waals surface area contributed by atoms with Gasteiger partial charge in [-0.2, -0.15) is 0 Å². The molecule has 1 aromatic rings. The molecule has 1 aromatic heterocycles. The van der Waals surface area contributed by atoms with Crippen LogP contribution in [0.25, 0.3) is 0 Å². The normalized spacial score (nSPS) is 10.1. The number of rotatable bonds is 6. The van der Waals surface area contributed by atoms with Crippen molar-refractivity contribution < 1.29 is 9.53 Å². The summed E-state index contributed by atoms with van der Waals surface area (Å²) in [6, 6.07) is 1.92. The molecule has 1 heterocycles. The van der Waals surface area contributed by atoms with Crippen LogP contribution in [0.3, 0.4) is 0 Å². The summed E-state index contributed by atoms with van der Waals surface area (Å²) in [7, 11) is 1.39. The second-order valence-corrected chi connectivity index (χ2v) is 3.72. The van der Waals surface area contributed by atoms with Gasteiger partial charge in [-0.25, -0.2) is 9.97 Å². The van der Waals surface area contributed by atoms with E-state index in [-0.39, 0.29) is 12.5 Å². The molecule has 94 valence electrons. The number of hydrogen-bond donors (Lipinski definition) is 0. The molecule has 0 saturated heterocycles. The molecule has 0 radical (unpaired) electrons. The molecule has 0 aliphatic rings. The zero-order valence-corrected chi connectivity index (χ0v) is 10.6. The molecule has 0 spiro atoms. The fraction of sp³-hybridized carbons (Fsp3) is 0.583. The SMILES string of the molecule is CCCN(CC(=O)OC)c1cc(CC)ncn1. The Hall–Kier alpha value is -1.65. The van der Waals surface area contributed by atoms with E-state index in [1.807, 2.05) is 17.9 Å². The Kier molecular flexibility index (Phi) is 5.39. The highest BCUT2D eigenvalue weighted by Crippen LogP contribution is 2.11. The van der Waals surface area contributed by atoms with Crippen molar-refractivity contribution in [3.63, 3.8) is 0 Å². The average molecular weight is 237 g/mol. The molecule has 0 amide bonds. The monoisotopic (exact) mass is 237 g/mol. The van der Waals surface area contributed by atoms with Crippen LogP contribution in [-0.4, -0.2) is 36.1 Å². The minimum atomic E-state index is -0.255. The van der Waals surface area contributed by atoms with E-state index in [4.69, 9.17) is 0 Å². The molecule has 0 saturated carbocycles. The number of methoxy groups -OCH3 is 1. The van der Waals surface area contributed by atoms with E-state index in [0.29, 0.717) is 0 Å². The lowest BCUT2D eigenvalue weighted by Crippen LogP contribution is -2.32. The first-order valence-electron chi connectivity index (χ1n) is 5.83. The van der Waals surface area contributed by atoms with Crippen molar-refractivity contribution in [3.8, 4) is 0 Å². The molecule has 0 aliphatic heterocycles. The van der Waals surface area contributed by atoms with Gasteiger partial charge in [-0.3, -0.25) is 4.79 Å². The average Bonchev–Trinajstić information content (AvgIpc) is 2.38. The van der Waals surface area contributed by atoms with E-state index in [1.54, 1.807) is 0 Å². The molecule has 1 rings (SSSR count). The lowest BCUT2D eigenvalue weighted by atomic mass is 10.3. The van der Waals surface area contributed by atoms with Gasteiger partial charge in [-0.1, -0.05) is 13.8 Å².